The number of carbonyl (C=O) groups is 1. The van der Waals surface area contributed by atoms with E-state index in [-0.39, 0.29) is 6.03 Å². The molecule has 2 aromatic carbocycles. The van der Waals surface area contributed by atoms with Crippen molar-refractivity contribution in [3.8, 4) is 0 Å². The van der Waals surface area contributed by atoms with Crippen molar-refractivity contribution in [2.75, 3.05) is 54.4 Å². The number of amides is 2. The van der Waals surface area contributed by atoms with Crippen LogP contribution in [0.4, 0.5) is 21.9 Å². The molecule has 2 fully saturated rings. The molecule has 2 saturated heterocycles. The van der Waals surface area contributed by atoms with Crippen LogP contribution in [0.15, 0.2) is 48.5 Å². The number of hydrogen-bond donors (Lipinski definition) is 1. The Hall–Kier alpha value is -2.69. The van der Waals surface area contributed by atoms with Crippen molar-refractivity contribution < 1.29 is 4.79 Å². The third kappa shape index (κ3) is 4.66. The van der Waals surface area contributed by atoms with Gasteiger partial charge in [0.2, 0.25) is 0 Å². The van der Waals surface area contributed by atoms with Crippen LogP contribution >= 0.6 is 0 Å². The largest absolute Gasteiger partial charge is 0.372 e. The number of carbonyl (C=O) groups excluding carboxylic acids is 1. The Morgan fingerprint density at radius 2 is 1.52 bits per heavy atom. The lowest BCUT2D eigenvalue weighted by Crippen LogP contribution is -2.50. The number of aryl methyl sites for hydroxylation is 1. The van der Waals surface area contributed by atoms with Crippen molar-refractivity contribution in [2.45, 2.75) is 32.6 Å². The molecule has 4 rings (SSSR count). The SMILES string of the molecule is CCc1ccccc1N1CCN(C(=O)Nc2ccc(N3CCCCC3)cc2)CC1. The lowest BCUT2D eigenvalue weighted by atomic mass is 10.1. The van der Waals surface area contributed by atoms with E-state index in [1.165, 1.54) is 36.2 Å². The molecular formula is C24H32N4O. The molecule has 0 radical (unpaired) electrons. The van der Waals surface area contributed by atoms with Crippen LogP contribution in [0.25, 0.3) is 0 Å². The van der Waals surface area contributed by atoms with Crippen LogP contribution in [0.3, 0.4) is 0 Å². The number of benzene rings is 2. The number of nitrogens with one attached hydrogen (secondary N) is 1. The van der Waals surface area contributed by atoms with Crippen LogP contribution < -0.4 is 15.1 Å². The van der Waals surface area contributed by atoms with Crippen molar-refractivity contribution in [2.24, 2.45) is 0 Å². The van der Waals surface area contributed by atoms with Crippen LogP contribution in [-0.4, -0.2) is 50.2 Å². The predicted molar refractivity (Wildman–Crippen MR) is 121 cm³/mol. The quantitative estimate of drug-likeness (QED) is 0.827. The Kier molecular flexibility index (Phi) is 6.23. The molecule has 0 bridgehead atoms. The molecule has 2 aliphatic rings. The molecule has 2 amide bonds. The average molecular weight is 393 g/mol. The monoisotopic (exact) mass is 392 g/mol. The summed E-state index contributed by atoms with van der Waals surface area (Å²) in [5.41, 5.74) is 4.81. The van der Waals surface area contributed by atoms with Gasteiger partial charge in [-0.15, -0.1) is 0 Å². The number of para-hydroxylation sites is 1. The van der Waals surface area contributed by atoms with Gasteiger partial charge in [0.15, 0.2) is 0 Å². The molecule has 0 aliphatic carbocycles. The third-order valence-corrected chi connectivity index (χ3v) is 6.12. The number of nitrogens with zero attached hydrogens (tertiary/aromatic N) is 3. The topological polar surface area (TPSA) is 38.8 Å². The van der Waals surface area contributed by atoms with Gasteiger partial charge in [-0.2, -0.15) is 0 Å². The predicted octanol–water partition coefficient (Wildman–Crippen LogP) is 4.59. The number of hydrogen-bond acceptors (Lipinski definition) is 3. The summed E-state index contributed by atoms with van der Waals surface area (Å²) in [7, 11) is 0. The highest BCUT2D eigenvalue weighted by Crippen LogP contribution is 2.24. The molecule has 0 saturated carbocycles. The first kappa shape index (κ1) is 19.6. The fraction of sp³-hybridized carbons (Fsp3) is 0.458. The van der Waals surface area contributed by atoms with Crippen LogP contribution in [0.2, 0.25) is 0 Å². The molecule has 5 nitrogen and oxygen atoms in total. The number of anilines is 3. The molecular weight excluding hydrogens is 360 g/mol. The standard InChI is InChI=1S/C24H32N4O/c1-2-20-8-4-5-9-23(20)27-16-18-28(19-17-27)24(29)25-21-10-12-22(13-11-21)26-14-6-3-7-15-26/h4-5,8-13H,2-3,6-7,14-19H2,1H3,(H,25,29). The van der Waals surface area contributed by atoms with Crippen molar-refractivity contribution in [3.05, 3.63) is 54.1 Å². The second-order valence-corrected chi connectivity index (χ2v) is 7.98. The van der Waals surface area contributed by atoms with Gasteiger partial charge in [-0.1, -0.05) is 25.1 Å². The maximum Gasteiger partial charge on any atom is 0.321 e. The Balaban J connectivity index is 1.30. The first-order chi connectivity index (χ1) is 14.2. The van der Waals surface area contributed by atoms with E-state index in [1.807, 2.05) is 17.0 Å². The van der Waals surface area contributed by atoms with Gasteiger partial charge in [-0.3, -0.25) is 0 Å². The Bertz CT molecular complexity index is 806. The number of piperazine rings is 1. The Morgan fingerprint density at radius 3 is 2.21 bits per heavy atom. The van der Waals surface area contributed by atoms with E-state index in [4.69, 9.17) is 0 Å². The van der Waals surface area contributed by atoms with E-state index < -0.39 is 0 Å². The molecule has 2 aliphatic heterocycles. The molecule has 2 aromatic rings. The summed E-state index contributed by atoms with van der Waals surface area (Å²) in [4.78, 5) is 19.5. The summed E-state index contributed by atoms with van der Waals surface area (Å²) < 4.78 is 0. The van der Waals surface area contributed by atoms with Gasteiger partial charge in [0.25, 0.3) is 0 Å². The van der Waals surface area contributed by atoms with Crippen molar-refractivity contribution in [1.29, 1.82) is 0 Å². The van der Waals surface area contributed by atoms with E-state index in [0.717, 1.165) is 51.4 Å². The molecule has 0 spiro atoms. The zero-order chi connectivity index (χ0) is 20.1. The van der Waals surface area contributed by atoms with E-state index in [9.17, 15) is 4.79 Å². The van der Waals surface area contributed by atoms with E-state index in [1.54, 1.807) is 0 Å². The maximum atomic E-state index is 12.7. The zero-order valence-corrected chi connectivity index (χ0v) is 17.4. The number of piperidine rings is 1. The van der Waals surface area contributed by atoms with Crippen LogP contribution in [0.1, 0.15) is 31.7 Å². The van der Waals surface area contributed by atoms with Crippen LogP contribution in [0, 0.1) is 0 Å². The second-order valence-electron chi connectivity index (χ2n) is 7.98. The Labute approximate surface area is 174 Å². The lowest BCUT2D eigenvalue weighted by Gasteiger charge is -2.37. The highest BCUT2D eigenvalue weighted by atomic mass is 16.2. The lowest BCUT2D eigenvalue weighted by molar-refractivity contribution is 0.208. The van der Waals surface area contributed by atoms with E-state index in [0.29, 0.717) is 0 Å². The zero-order valence-electron chi connectivity index (χ0n) is 17.4. The third-order valence-electron chi connectivity index (χ3n) is 6.12. The highest BCUT2D eigenvalue weighted by Gasteiger charge is 2.22. The molecule has 2 heterocycles. The van der Waals surface area contributed by atoms with Crippen molar-refractivity contribution >= 4 is 23.1 Å². The summed E-state index contributed by atoms with van der Waals surface area (Å²) >= 11 is 0. The van der Waals surface area contributed by atoms with Crippen molar-refractivity contribution in [1.82, 2.24) is 4.90 Å². The summed E-state index contributed by atoms with van der Waals surface area (Å²) in [6.45, 7) is 7.70. The Morgan fingerprint density at radius 1 is 0.828 bits per heavy atom. The molecule has 29 heavy (non-hydrogen) atoms. The first-order valence-electron chi connectivity index (χ1n) is 11.0. The van der Waals surface area contributed by atoms with Gasteiger partial charge in [0.1, 0.15) is 0 Å². The number of urea groups is 1. The summed E-state index contributed by atoms with van der Waals surface area (Å²) in [6.07, 6.45) is 4.91. The fourth-order valence-corrected chi connectivity index (χ4v) is 4.38. The summed E-state index contributed by atoms with van der Waals surface area (Å²) in [6, 6.07) is 16.9. The van der Waals surface area contributed by atoms with Crippen molar-refractivity contribution in [3.63, 3.8) is 0 Å². The molecule has 1 N–H and O–H groups in total. The second kappa shape index (κ2) is 9.21. The van der Waals surface area contributed by atoms with Gasteiger partial charge in [-0.25, -0.2) is 4.79 Å². The molecule has 0 unspecified atom stereocenters. The first-order valence-corrected chi connectivity index (χ1v) is 11.0. The van der Waals surface area contributed by atoms with E-state index in [2.05, 4.69) is 58.4 Å². The number of rotatable bonds is 4. The van der Waals surface area contributed by atoms with Gasteiger partial charge in [0.05, 0.1) is 0 Å². The highest BCUT2D eigenvalue weighted by molar-refractivity contribution is 5.89. The minimum atomic E-state index is -0.000788. The molecule has 154 valence electrons. The summed E-state index contributed by atoms with van der Waals surface area (Å²) in [5, 5.41) is 3.07. The molecule has 5 heteroatoms. The van der Waals surface area contributed by atoms with Crippen LogP contribution in [-0.2, 0) is 6.42 Å². The maximum absolute atomic E-state index is 12.7. The minimum absolute atomic E-state index is 0.000788. The molecule has 0 aromatic heterocycles. The smallest absolute Gasteiger partial charge is 0.321 e. The average Bonchev–Trinajstić information content (AvgIpc) is 2.80. The normalized spacial score (nSPS) is 17.3. The van der Waals surface area contributed by atoms with Gasteiger partial charge < -0.3 is 20.0 Å². The van der Waals surface area contributed by atoms with Gasteiger partial charge >= 0.3 is 6.03 Å². The summed E-state index contributed by atoms with van der Waals surface area (Å²) in [5.74, 6) is 0. The fourth-order valence-electron chi connectivity index (χ4n) is 4.38. The van der Waals surface area contributed by atoms with Crippen LogP contribution in [0.5, 0.6) is 0 Å². The van der Waals surface area contributed by atoms with E-state index >= 15 is 0 Å². The minimum Gasteiger partial charge on any atom is -0.372 e. The molecule has 0 atom stereocenters. The van der Waals surface area contributed by atoms with Gasteiger partial charge in [0, 0.05) is 56.3 Å². The van der Waals surface area contributed by atoms with Gasteiger partial charge in [-0.05, 0) is 61.6 Å².